The van der Waals surface area contributed by atoms with Crippen molar-refractivity contribution in [1.29, 1.82) is 0 Å². The predicted molar refractivity (Wildman–Crippen MR) is 143 cm³/mol. The molecule has 3 aromatic carbocycles. The highest BCUT2D eigenvalue weighted by atomic mass is 35.5. The molecule has 1 aliphatic rings. The van der Waals surface area contributed by atoms with Crippen molar-refractivity contribution in [3.63, 3.8) is 0 Å². The summed E-state index contributed by atoms with van der Waals surface area (Å²) < 4.78 is 18.9. The molecule has 3 aromatic rings. The van der Waals surface area contributed by atoms with Crippen molar-refractivity contribution in [3.05, 3.63) is 98.6 Å². The van der Waals surface area contributed by atoms with Gasteiger partial charge in [0.25, 0.3) is 5.91 Å². The Kier molecular flexibility index (Phi) is 8.16. The van der Waals surface area contributed by atoms with Crippen LogP contribution in [-0.2, 0) is 11.4 Å². The Morgan fingerprint density at radius 3 is 2.43 bits per heavy atom. The van der Waals surface area contributed by atoms with Crippen LogP contribution in [0.3, 0.4) is 0 Å². The first-order valence-electron chi connectivity index (χ1n) is 11.0. The van der Waals surface area contributed by atoms with Gasteiger partial charge in [0.1, 0.15) is 18.2 Å². The van der Waals surface area contributed by atoms with Crippen LogP contribution in [0.15, 0.2) is 76.6 Å². The quantitative estimate of drug-likeness (QED) is 0.292. The third-order valence-electron chi connectivity index (χ3n) is 5.05. The number of carbonyl (C=O) groups is 1. The fraction of sp³-hybridized carbons (Fsp3) is 0.185. The van der Waals surface area contributed by atoms with E-state index >= 15 is 0 Å². The summed E-state index contributed by atoms with van der Waals surface area (Å²) in [5.41, 5.74) is 2.34. The summed E-state index contributed by atoms with van der Waals surface area (Å²) in [5.74, 6) is 0.400. The molecule has 0 saturated carbocycles. The van der Waals surface area contributed by atoms with Crippen molar-refractivity contribution >= 4 is 57.8 Å². The van der Waals surface area contributed by atoms with Crippen LogP contribution in [0, 0.1) is 11.7 Å². The zero-order valence-electron chi connectivity index (χ0n) is 19.2. The van der Waals surface area contributed by atoms with Gasteiger partial charge in [-0.15, -0.1) is 0 Å². The van der Waals surface area contributed by atoms with Crippen LogP contribution >= 0.6 is 35.0 Å². The molecule has 1 heterocycles. The van der Waals surface area contributed by atoms with Crippen molar-refractivity contribution in [2.75, 3.05) is 6.54 Å². The number of halogens is 3. The first-order valence-corrected chi connectivity index (χ1v) is 12.6. The van der Waals surface area contributed by atoms with Gasteiger partial charge in [-0.1, -0.05) is 55.2 Å². The van der Waals surface area contributed by atoms with Crippen molar-refractivity contribution in [2.45, 2.75) is 20.5 Å². The van der Waals surface area contributed by atoms with Gasteiger partial charge in [-0.25, -0.2) is 9.38 Å². The molecule has 0 atom stereocenters. The highest BCUT2D eigenvalue weighted by Crippen LogP contribution is 2.36. The minimum absolute atomic E-state index is 0.0934. The van der Waals surface area contributed by atoms with Gasteiger partial charge in [-0.05, 0) is 83.4 Å². The van der Waals surface area contributed by atoms with Gasteiger partial charge in [0.15, 0.2) is 5.17 Å². The number of hydrogen-bond donors (Lipinski definition) is 0. The van der Waals surface area contributed by atoms with Crippen LogP contribution in [0.2, 0.25) is 10.0 Å². The van der Waals surface area contributed by atoms with E-state index < -0.39 is 0 Å². The summed E-state index contributed by atoms with van der Waals surface area (Å²) in [6.07, 6.45) is 1.81. The van der Waals surface area contributed by atoms with E-state index in [-0.39, 0.29) is 24.2 Å². The number of hydrogen-bond acceptors (Lipinski definition) is 4. The number of carbonyl (C=O) groups excluding carboxylic acids is 1. The number of aliphatic imine (C=N–C) groups is 1. The van der Waals surface area contributed by atoms with Crippen LogP contribution in [0.5, 0.6) is 5.75 Å². The average Bonchev–Trinajstić information content (AvgIpc) is 3.09. The number of rotatable bonds is 7. The van der Waals surface area contributed by atoms with E-state index in [4.69, 9.17) is 27.9 Å². The molecule has 0 radical (unpaired) electrons. The lowest BCUT2D eigenvalue weighted by Crippen LogP contribution is -2.32. The topological polar surface area (TPSA) is 41.9 Å². The molecule has 35 heavy (non-hydrogen) atoms. The number of amidine groups is 1. The molecule has 1 aliphatic heterocycles. The summed E-state index contributed by atoms with van der Waals surface area (Å²) in [4.78, 5) is 20.1. The SMILES string of the molecule is CC(C)CN1C(=O)/C(=C/c2ccc(OCc3ccc(F)cc3)c(Cl)c2)SC1=Nc1ccc(Cl)cc1. The summed E-state index contributed by atoms with van der Waals surface area (Å²) in [5, 5.41) is 1.68. The molecular formula is C27H23Cl2FN2O2S. The summed E-state index contributed by atoms with van der Waals surface area (Å²) in [6, 6.07) is 18.6. The zero-order chi connectivity index (χ0) is 24.9. The number of thioether (sulfide) groups is 1. The van der Waals surface area contributed by atoms with Gasteiger partial charge >= 0.3 is 0 Å². The molecule has 1 saturated heterocycles. The monoisotopic (exact) mass is 528 g/mol. The lowest BCUT2D eigenvalue weighted by Gasteiger charge is -2.17. The minimum atomic E-state index is -0.295. The third-order valence-corrected chi connectivity index (χ3v) is 6.60. The molecule has 0 unspecified atom stereocenters. The number of benzene rings is 3. The molecule has 1 amide bonds. The molecule has 8 heteroatoms. The maximum atomic E-state index is 13.2. The Balaban J connectivity index is 1.53. The van der Waals surface area contributed by atoms with E-state index in [1.807, 2.05) is 18.2 Å². The van der Waals surface area contributed by atoms with Gasteiger partial charge in [0.2, 0.25) is 0 Å². The standard InChI is InChI=1S/C27H23Cl2FN2O2S/c1-17(2)15-32-26(33)25(35-27(32)31-22-10-6-20(28)7-11-22)14-19-5-12-24(23(29)13-19)34-16-18-3-8-21(30)9-4-18/h3-14,17H,15-16H2,1-2H3/b25-14-,31-27?. The van der Waals surface area contributed by atoms with E-state index in [0.29, 0.717) is 32.4 Å². The summed E-state index contributed by atoms with van der Waals surface area (Å²) in [6.45, 7) is 4.95. The molecule has 180 valence electrons. The minimum Gasteiger partial charge on any atom is -0.487 e. The molecular weight excluding hydrogens is 506 g/mol. The van der Waals surface area contributed by atoms with E-state index in [0.717, 1.165) is 16.8 Å². The highest BCUT2D eigenvalue weighted by molar-refractivity contribution is 8.18. The Morgan fingerprint density at radius 2 is 1.77 bits per heavy atom. The normalized spacial score (nSPS) is 16.1. The third kappa shape index (κ3) is 6.66. The molecule has 0 bridgehead atoms. The second-order valence-corrected chi connectivity index (χ2v) is 10.2. The van der Waals surface area contributed by atoms with Crippen molar-refractivity contribution in [2.24, 2.45) is 10.9 Å². The van der Waals surface area contributed by atoms with Crippen molar-refractivity contribution in [3.8, 4) is 5.75 Å². The Labute approximate surface area is 218 Å². The molecule has 0 aliphatic carbocycles. The van der Waals surface area contributed by atoms with E-state index in [1.165, 1.54) is 23.9 Å². The van der Waals surface area contributed by atoms with E-state index in [2.05, 4.69) is 18.8 Å². The largest absolute Gasteiger partial charge is 0.487 e. The Morgan fingerprint density at radius 1 is 1.06 bits per heavy atom. The van der Waals surface area contributed by atoms with Gasteiger partial charge in [0.05, 0.1) is 15.6 Å². The van der Waals surface area contributed by atoms with Crippen LogP contribution in [0.1, 0.15) is 25.0 Å². The second-order valence-electron chi connectivity index (χ2n) is 8.40. The molecule has 4 rings (SSSR count). The van der Waals surface area contributed by atoms with Gasteiger partial charge in [-0.3, -0.25) is 9.69 Å². The molecule has 4 nitrogen and oxygen atoms in total. The maximum absolute atomic E-state index is 13.2. The predicted octanol–water partition coefficient (Wildman–Crippen LogP) is 7.97. The van der Waals surface area contributed by atoms with Gasteiger partial charge < -0.3 is 4.74 Å². The van der Waals surface area contributed by atoms with Crippen LogP contribution in [-0.4, -0.2) is 22.5 Å². The molecule has 0 N–H and O–H groups in total. The number of amides is 1. The lowest BCUT2D eigenvalue weighted by molar-refractivity contribution is -0.122. The Hall–Kier alpha value is -2.80. The Bertz CT molecular complexity index is 1280. The fourth-order valence-electron chi connectivity index (χ4n) is 3.36. The van der Waals surface area contributed by atoms with Crippen LogP contribution in [0.4, 0.5) is 10.1 Å². The molecule has 1 fully saturated rings. The molecule has 0 spiro atoms. The zero-order valence-corrected chi connectivity index (χ0v) is 21.5. The maximum Gasteiger partial charge on any atom is 0.266 e. The number of nitrogens with zero attached hydrogens (tertiary/aromatic N) is 2. The second kappa shape index (κ2) is 11.3. The first kappa shape index (κ1) is 25.3. The molecule has 0 aromatic heterocycles. The van der Waals surface area contributed by atoms with Crippen LogP contribution in [0.25, 0.3) is 6.08 Å². The highest BCUT2D eigenvalue weighted by Gasteiger charge is 2.33. The average molecular weight is 529 g/mol. The smallest absolute Gasteiger partial charge is 0.266 e. The summed E-state index contributed by atoms with van der Waals surface area (Å²) >= 11 is 13.8. The van der Waals surface area contributed by atoms with Gasteiger partial charge in [0, 0.05) is 11.6 Å². The number of ether oxygens (including phenoxy) is 1. The van der Waals surface area contributed by atoms with E-state index in [1.54, 1.807) is 47.4 Å². The fourth-order valence-corrected chi connectivity index (χ4v) is 4.74. The summed E-state index contributed by atoms with van der Waals surface area (Å²) in [7, 11) is 0. The lowest BCUT2D eigenvalue weighted by atomic mass is 10.2. The van der Waals surface area contributed by atoms with Crippen LogP contribution < -0.4 is 4.74 Å². The van der Waals surface area contributed by atoms with Crippen molar-refractivity contribution in [1.82, 2.24) is 4.90 Å². The van der Waals surface area contributed by atoms with Crippen molar-refractivity contribution < 1.29 is 13.9 Å². The van der Waals surface area contributed by atoms with E-state index in [9.17, 15) is 9.18 Å². The van der Waals surface area contributed by atoms with Gasteiger partial charge in [-0.2, -0.15) is 0 Å². The first-order chi connectivity index (χ1) is 16.8.